The maximum Gasteiger partial charge on any atom is 0.331 e. The van der Waals surface area contributed by atoms with Gasteiger partial charge in [0.2, 0.25) is 0 Å². The van der Waals surface area contributed by atoms with Crippen molar-refractivity contribution in [3.63, 3.8) is 0 Å². The largest absolute Gasteiger partial charge is 0.494 e. The molecule has 2 aromatic carbocycles. The van der Waals surface area contributed by atoms with Crippen LogP contribution in [0.15, 0.2) is 48.5 Å². The molecule has 0 N–H and O–H groups in total. The number of esters is 1. The normalized spacial score (nSPS) is 21.2. The van der Waals surface area contributed by atoms with E-state index in [2.05, 4.69) is 13.0 Å². The summed E-state index contributed by atoms with van der Waals surface area (Å²) >= 11 is 6.19. The number of ether oxygens (including phenoxy) is 2. The molecule has 0 spiro atoms. The molecule has 0 aromatic heterocycles. The number of nitriles is 1. The Morgan fingerprint density at radius 2 is 1.76 bits per heavy atom. The fraction of sp³-hybridized carbons (Fsp3) is 0.417. The van der Waals surface area contributed by atoms with Crippen LogP contribution in [0.4, 0.5) is 0 Å². The highest BCUT2D eigenvalue weighted by molar-refractivity contribution is 6.20. The van der Waals surface area contributed by atoms with Crippen LogP contribution in [0.25, 0.3) is 11.1 Å². The fourth-order valence-corrected chi connectivity index (χ4v) is 3.96. The maximum absolute atomic E-state index is 12.6. The molecule has 0 aliphatic heterocycles. The highest BCUT2D eigenvalue weighted by Gasteiger charge is 2.44. The Balaban J connectivity index is 1.64. The second kappa shape index (κ2) is 9.80. The number of unbranched alkanes of at least 4 members (excludes halogenated alkanes) is 1. The minimum Gasteiger partial charge on any atom is -0.494 e. The van der Waals surface area contributed by atoms with Crippen LogP contribution in [0, 0.1) is 16.7 Å². The molecule has 2 aromatic rings. The van der Waals surface area contributed by atoms with Gasteiger partial charge in [0, 0.05) is 5.38 Å². The summed E-state index contributed by atoms with van der Waals surface area (Å²) in [5.74, 6) is 0.788. The Morgan fingerprint density at radius 1 is 1.14 bits per heavy atom. The summed E-state index contributed by atoms with van der Waals surface area (Å²) in [7, 11) is 0. The molecule has 1 aliphatic carbocycles. The lowest BCUT2D eigenvalue weighted by Gasteiger charge is -2.30. The van der Waals surface area contributed by atoms with Gasteiger partial charge in [0.05, 0.1) is 12.7 Å². The molecule has 0 radical (unpaired) electrons. The average molecular weight is 412 g/mol. The smallest absolute Gasteiger partial charge is 0.331 e. The van der Waals surface area contributed by atoms with Crippen molar-refractivity contribution in [1.29, 1.82) is 5.26 Å². The third-order valence-electron chi connectivity index (χ3n) is 5.31. The van der Waals surface area contributed by atoms with Crippen LogP contribution < -0.4 is 9.47 Å². The van der Waals surface area contributed by atoms with Gasteiger partial charge < -0.3 is 9.47 Å². The number of carbonyl (C=O) groups is 1. The van der Waals surface area contributed by atoms with Gasteiger partial charge in [0.25, 0.3) is 0 Å². The molecule has 4 nitrogen and oxygen atoms in total. The monoisotopic (exact) mass is 411 g/mol. The number of hydrogen-bond donors (Lipinski definition) is 0. The number of nitrogens with zero attached hydrogens (tertiary/aromatic N) is 1. The molecule has 29 heavy (non-hydrogen) atoms. The zero-order chi connectivity index (χ0) is 20.7. The van der Waals surface area contributed by atoms with Crippen molar-refractivity contribution in [2.75, 3.05) is 6.61 Å². The molecule has 0 bridgehead atoms. The molecular formula is C24H26ClNO3. The first-order valence-electron chi connectivity index (χ1n) is 10.2. The predicted octanol–water partition coefficient (Wildman–Crippen LogP) is 6.13. The van der Waals surface area contributed by atoms with Crippen molar-refractivity contribution >= 4 is 17.6 Å². The number of alkyl halides is 1. The van der Waals surface area contributed by atoms with Crippen LogP contribution in [-0.2, 0) is 4.79 Å². The SMILES string of the molecule is CCCCOc1ccc(-c2ccc(OC(=O)C3(C#N)CCCC(Cl)C3)cc2)cc1. The Bertz CT molecular complexity index is 857. The van der Waals surface area contributed by atoms with E-state index in [9.17, 15) is 10.1 Å². The first-order chi connectivity index (χ1) is 14.1. The van der Waals surface area contributed by atoms with E-state index in [4.69, 9.17) is 21.1 Å². The van der Waals surface area contributed by atoms with Gasteiger partial charge >= 0.3 is 5.97 Å². The van der Waals surface area contributed by atoms with E-state index in [-0.39, 0.29) is 5.38 Å². The highest BCUT2D eigenvalue weighted by Crippen LogP contribution is 2.39. The molecule has 2 unspecified atom stereocenters. The van der Waals surface area contributed by atoms with E-state index in [0.29, 0.717) is 18.6 Å². The van der Waals surface area contributed by atoms with Crippen molar-refractivity contribution in [3.05, 3.63) is 48.5 Å². The van der Waals surface area contributed by atoms with Crippen molar-refractivity contribution in [3.8, 4) is 28.7 Å². The van der Waals surface area contributed by atoms with Gasteiger partial charge in [0.15, 0.2) is 5.41 Å². The molecular weight excluding hydrogens is 386 g/mol. The Morgan fingerprint density at radius 3 is 2.31 bits per heavy atom. The maximum atomic E-state index is 12.6. The van der Waals surface area contributed by atoms with Crippen LogP contribution in [0.2, 0.25) is 0 Å². The number of hydrogen-bond acceptors (Lipinski definition) is 4. The van der Waals surface area contributed by atoms with Gasteiger partial charge in [-0.1, -0.05) is 37.6 Å². The third kappa shape index (κ3) is 5.31. The van der Waals surface area contributed by atoms with E-state index in [1.165, 1.54) is 0 Å². The first-order valence-corrected chi connectivity index (χ1v) is 10.6. The van der Waals surface area contributed by atoms with Crippen LogP contribution in [0.3, 0.4) is 0 Å². The standard InChI is InChI=1S/C24H26ClNO3/c1-2-3-15-28-21-10-6-18(7-11-21)19-8-12-22(13-9-19)29-23(27)24(17-26)14-4-5-20(25)16-24/h6-13,20H,2-5,14-16H2,1H3. The Hall–Kier alpha value is -2.51. The summed E-state index contributed by atoms with van der Waals surface area (Å²) in [4.78, 5) is 12.6. The summed E-state index contributed by atoms with van der Waals surface area (Å²) in [6.45, 7) is 2.86. The Labute approximate surface area is 177 Å². The van der Waals surface area contributed by atoms with Gasteiger partial charge in [-0.3, -0.25) is 0 Å². The van der Waals surface area contributed by atoms with Gasteiger partial charge in [-0.25, -0.2) is 4.79 Å². The van der Waals surface area contributed by atoms with Crippen molar-refractivity contribution in [1.82, 2.24) is 0 Å². The van der Waals surface area contributed by atoms with Crippen molar-refractivity contribution in [2.45, 2.75) is 50.8 Å². The average Bonchev–Trinajstić information content (AvgIpc) is 2.75. The molecule has 1 fully saturated rings. The molecule has 3 rings (SSSR count). The summed E-state index contributed by atoms with van der Waals surface area (Å²) in [5, 5.41) is 9.41. The second-order valence-corrected chi connectivity index (χ2v) is 8.15. The summed E-state index contributed by atoms with van der Waals surface area (Å²) in [5.41, 5.74) is 0.923. The number of rotatable bonds is 7. The molecule has 0 heterocycles. The first kappa shape index (κ1) is 21.2. The van der Waals surface area contributed by atoms with Gasteiger partial charge in [-0.2, -0.15) is 5.26 Å². The van der Waals surface area contributed by atoms with Crippen molar-refractivity contribution in [2.24, 2.45) is 5.41 Å². The summed E-state index contributed by atoms with van der Waals surface area (Å²) in [6.07, 6.45) is 4.58. The van der Waals surface area contributed by atoms with Crippen LogP contribution in [0.1, 0.15) is 45.4 Å². The predicted molar refractivity (Wildman–Crippen MR) is 114 cm³/mol. The minimum atomic E-state index is -1.14. The molecule has 0 amide bonds. The number of carbonyl (C=O) groups excluding carboxylic acids is 1. The minimum absolute atomic E-state index is 0.160. The van der Waals surface area contributed by atoms with E-state index in [1.54, 1.807) is 12.1 Å². The summed E-state index contributed by atoms with van der Waals surface area (Å²) in [6, 6.07) is 17.4. The lowest BCUT2D eigenvalue weighted by molar-refractivity contribution is -0.144. The van der Waals surface area contributed by atoms with Crippen LogP contribution in [-0.4, -0.2) is 18.0 Å². The molecule has 1 aliphatic rings. The number of halogens is 1. The molecule has 0 saturated heterocycles. The van der Waals surface area contributed by atoms with Gasteiger partial charge in [0.1, 0.15) is 11.5 Å². The third-order valence-corrected chi connectivity index (χ3v) is 5.69. The molecule has 152 valence electrons. The molecule has 2 atom stereocenters. The lowest BCUT2D eigenvalue weighted by Crippen LogP contribution is -2.38. The van der Waals surface area contributed by atoms with Crippen LogP contribution in [0.5, 0.6) is 11.5 Å². The zero-order valence-corrected chi connectivity index (χ0v) is 17.5. The van der Waals surface area contributed by atoms with E-state index in [1.807, 2.05) is 36.4 Å². The van der Waals surface area contributed by atoms with Crippen molar-refractivity contribution < 1.29 is 14.3 Å². The second-order valence-electron chi connectivity index (χ2n) is 7.53. The van der Waals surface area contributed by atoms with Crippen LogP contribution >= 0.6 is 11.6 Å². The van der Waals surface area contributed by atoms with Gasteiger partial charge in [-0.05, 0) is 67.5 Å². The van der Waals surface area contributed by atoms with E-state index >= 15 is 0 Å². The topological polar surface area (TPSA) is 59.3 Å². The Kier molecular flexibility index (Phi) is 7.17. The highest BCUT2D eigenvalue weighted by atomic mass is 35.5. The zero-order valence-electron chi connectivity index (χ0n) is 16.7. The lowest BCUT2D eigenvalue weighted by atomic mass is 9.75. The summed E-state index contributed by atoms with van der Waals surface area (Å²) < 4.78 is 11.2. The number of benzene rings is 2. The fourth-order valence-electron chi connectivity index (χ4n) is 3.54. The van der Waals surface area contributed by atoms with E-state index < -0.39 is 11.4 Å². The van der Waals surface area contributed by atoms with E-state index in [0.717, 1.165) is 49.2 Å². The quantitative estimate of drug-likeness (QED) is 0.238. The molecule has 1 saturated carbocycles. The van der Waals surface area contributed by atoms with Gasteiger partial charge in [-0.15, -0.1) is 11.6 Å². The molecule has 5 heteroatoms.